The van der Waals surface area contributed by atoms with Crippen LogP contribution < -0.4 is 10.2 Å². The van der Waals surface area contributed by atoms with Gasteiger partial charge in [-0.1, -0.05) is 40.2 Å². The van der Waals surface area contributed by atoms with Crippen LogP contribution in [0.15, 0.2) is 82.4 Å². The van der Waals surface area contributed by atoms with Gasteiger partial charge in [-0.25, -0.2) is 5.43 Å². The maximum Gasteiger partial charge on any atom is 0.271 e. The molecule has 0 fully saturated rings. The van der Waals surface area contributed by atoms with E-state index < -0.39 is 0 Å². The largest absolute Gasteiger partial charge is 0.489 e. The number of hydrazone groups is 1. The first-order chi connectivity index (χ1) is 13.1. The number of hydrogen-bond donors (Lipinski definition) is 1. The monoisotopic (exact) mass is 534 g/mol. The molecule has 0 aliphatic heterocycles. The maximum absolute atomic E-state index is 12.1. The maximum atomic E-state index is 12.1. The topological polar surface area (TPSA) is 50.7 Å². The summed E-state index contributed by atoms with van der Waals surface area (Å²) in [6.45, 7) is 0.464. The van der Waals surface area contributed by atoms with Crippen molar-refractivity contribution in [2.45, 2.75) is 6.61 Å². The predicted molar refractivity (Wildman–Crippen MR) is 119 cm³/mol. The van der Waals surface area contributed by atoms with Crippen LogP contribution in [-0.4, -0.2) is 12.1 Å². The molecule has 1 amide bonds. The van der Waals surface area contributed by atoms with Crippen LogP contribution in [0.3, 0.4) is 0 Å². The summed E-state index contributed by atoms with van der Waals surface area (Å²) in [6, 6.07) is 22.8. The Bertz CT molecular complexity index is 941. The van der Waals surface area contributed by atoms with Crippen molar-refractivity contribution in [3.63, 3.8) is 0 Å². The molecule has 0 heterocycles. The third-order valence-corrected chi connectivity index (χ3v) is 4.87. The summed E-state index contributed by atoms with van der Waals surface area (Å²) >= 11 is 5.68. The molecule has 0 radical (unpaired) electrons. The minimum Gasteiger partial charge on any atom is -0.489 e. The summed E-state index contributed by atoms with van der Waals surface area (Å²) in [5, 5.41) is 3.99. The zero-order valence-electron chi connectivity index (χ0n) is 14.2. The number of benzene rings is 3. The van der Waals surface area contributed by atoms with Crippen molar-refractivity contribution >= 4 is 50.6 Å². The SMILES string of the molecule is O=C(NN=Cc1ccc(I)cc1)c1ccc(OCc2cccc(Br)c2)cc1. The smallest absolute Gasteiger partial charge is 0.271 e. The third-order valence-electron chi connectivity index (χ3n) is 3.66. The molecule has 0 aliphatic rings. The first kappa shape index (κ1) is 19.6. The first-order valence-electron chi connectivity index (χ1n) is 8.16. The Morgan fingerprint density at radius 2 is 1.81 bits per heavy atom. The Morgan fingerprint density at radius 1 is 1.07 bits per heavy atom. The third kappa shape index (κ3) is 6.18. The van der Waals surface area contributed by atoms with Gasteiger partial charge >= 0.3 is 0 Å². The zero-order chi connectivity index (χ0) is 19.1. The average Bonchev–Trinajstić information content (AvgIpc) is 2.68. The molecule has 4 nitrogen and oxygen atoms in total. The van der Waals surface area contributed by atoms with Gasteiger partial charge in [0.2, 0.25) is 0 Å². The number of amides is 1. The zero-order valence-corrected chi connectivity index (χ0v) is 18.0. The second-order valence-corrected chi connectivity index (χ2v) is 7.85. The van der Waals surface area contributed by atoms with Crippen molar-refractivity contribution in [2.24, 2.45) is 5.10 Å². The van der Waals surface area contributed by atoms with Crippen LogP contribution in [0.4, 0.5) is 0 Å². The van der Waals surface area contributed by atoms with Crippen LogP contribution in [-0.2, 0) is 6.61 Å². The van der Waals surface area contributed by atoms with Crippen molar-refractivity contribution in [1.82, 2.24) is 5.43 Å². The van der Waals surface area contributed by atoms with E-state index in [1.807, 2.05) is 48.5 Å². The Labute approximate surface area is 179 Å². The van der Waals surface area contributed by atoms with Crippen molar-refractivity contribution < 1.29 is 9.53 Å². The Hall–Kier alpha value is -2.19. The summed E-state index contributed by atoms with van der Waals surface area (Å²) in [4.78, 5) is 12.1. The van der Waals surface area contributed by atoms with Crippen molar-refractivity contribution in [3.05, 3.63) is 97.5 Å². The van der Waals surface area contributed by atoms with Gasteiger partial charge < -0.3 is 4.74 Å². The van der Waals surface area contributed by atoms with Gasteiger partial charge in [0.15, 0.2) is 0 Å². The molecule has 0 unspecified atom stereocenters. The lowest BCUT2D eigenvalue weighted by Crippen LogP contribution is -2.17. The molecule has 0 saturated heterocycles. The number of ether oxygens (including phenoxy) is 1. The predicted octanol–water partition coefficient (Wildman–Crippen LogP) is 5.40. The highest BCUT2D eigenvalue weighted by Gasteiger charge is 2.04. The second kappa shape index (κ2) is 9.66. The van der Waals surface area contributed by atoms with Crippen LogP contribution in [0.2, 0.25) is 0 Å². The molecule has 1 N–H and O–H groups in total. The molecule has 0 aliphatic carbocycles. The van der Waals surface area contributed by atoms with E-state index >= 15 is 0 Å². The first-order valence-corrected chi connectivity index (χ1v) is 10.0. The molecule has 0 bridgehead atoms. The Balaban J connectivity index is 1.53. The second-order valence-electron chi connectivity index (χ2n) is 5.69. The van der Waals surface area contributed by atoms with Crippen LogP contribution in [0.5, 0.6) is 5.75 Å². The molecular formula is C21H16BrIN2O2. The summed E-state index contributed by atoms with van der Waals surface area (Å²) in [5.41, 5.74) is 5.04. The summed E-state index contributed by atoms with van der Waals surface area (Å²) in [5.74, 6) is 0.434. The van der Waals surface area contributed by atoms with Gasteiger partial charge in [0.25, 0.3) is 5.91 Å². The fraction of sp³-hybridized carbons (Fsp3) is 0.0476. The van der Waals surface area contributed by atoms with Crippen molar-refractivity contribution in [2.75, 3.05) is 0 Å². The molecule has 27 heavy (non-hydrogen) atoms. The fourth-order valence-corrected chi connectivity index (χ4v) is 3.08. The number of hydrogen-bond acceptors (Lipinski definition) is 3. The van der Waals surface area contributed by atoms with E-state index in [1.54, 1.807) is 30.5 Å². The Morgan fingerprint density at radius 3 is 2.52 bits per heavy atom. The summed E-state index contributed by atoms with van der Waals surface area (Å²) < 4.78 is 7.91. The van der Waals surface area contributed by atoms with Gasteiger partial charge in [0.05, 0.1) is 6.21 Å². The molecule has 3 aromatic rings. The van der Waals surface area contributed by atoms with Crippen LogP contribution in [0, 0.1) is 3.57 Å². The lowest BCUT2D eigenvalue weighted by atomic mass is 10.2. The molecular weight excluding hydrogens is 519 g/mol. The van der Waals surface area contributed by atoms with Crippen LogP contribution in [0.1, 0.15) is 21.5 Å². The van der Waals surface area contributed by atoms with Crippen LogP contribution in [0.25, 0.3) is 0 Å². The lowest BCUT2D eigenvalue weighted by molar-refractivity contribution is 0.0955. The van der Waals surface area contributed by atoms with E-state index in [0.29, 0.717) is 17.9 Å². The number of carbonyl (C=O) groups is 1. The standard InChI is InChI=1S/C21H16BrIN2O2/c22-18-3-1-2-16(12-18)14-27-20-10-6-17(7-11-20)21(26)25-24-13-15-4-8-19(23)9-5-15/h1-13H,14H2,(H,25,26). The molecule has 0 saturated carbocycles. The van der Waals surface area contributed by atoms with Crippen LogP contribution >= 0.6 is 38.5 Å². The molecule has 136 valence electrons. The number of carbonyl (C=O) groups excluding carboxylic acids is 1. The number of nitrogens with zero attached hydrogens (tertiary/aromatic N) is 1. The van der Waals surface area contributed by atoms with E-state index in [9.17, 15) is 4.79 Å². The van der Waals surface area contributed by atoms with Crippen molar-refractivity contribution in [1.29, 1.82) is 0 Å². The minimum atomic E-state index is -0.268. The molecule has 6 heteroatoms. The molecule has 0 atom stereocenters. The number of halogens is 2. The highest BCUT2D eigenvalue weighted by atomic mass is 127. The quantitative estimate of drug-likeness (QED) is 0.261. The molecule has 0 aromatic heterocycles. The minimum absolute atomic E-state index is 0.268. The summed E-state index contributed by atoms with van der Waals surface area (Å²) in [7, 11) is 0. The van der Waals surface area contributed by atoms with Gasteiger partial charge in [-0.05, 0) is 82.2 Å². The molecule has 3 rings (SSSR count). The lowest BCUT2D eigenvalue weighted by Gasteiger charge is -2.07. The highest BCUT2D eigenvalue weighted by molar-refractivity contribution is 14.1. The van der Waals surface area contributed by atoms with Gasteiger partial charge in [0.1, 0.15) is 12.4 Å². The van der Waals surface area contributed by atoms with Gasteiger partial charge in [-0.15, -0.1) is 0 Å². The van der Waals surface area contributed by atoms with Gasteiger partial charge in [-0.2, -0.15) is 5.10 Å². The fourth-order valence-electron chi connectivity index (χ4n) is 2.27. The molecule has 0 spiro atoms. The van der Waals surface area contributed by atoms with Gasteiger partial charge in [0, 0.05) is 13.6 Å². The van der Waals surface area contributed by atoms with Gasteiger partial charge in [-0.3, -0.25) is 4.79 Å². The number of nitrogens with one attached hydrogen (secondary N) is 1. The molecule has 3 aromatic carbocycles. The van der Waals surface area contributed by atoms with E-state index in [0.717, 1.165) is 19.2 Å². The Kier molecular flexibility index (Phi) is 7.00. The average molecular weight is 535 g/mol. The van der Waals surface area contributed by atoms with E-state index in [-0.39, 0.29) is 5.91 Å². The van der Waals surface area contributed by atoms with E-state index in [2.05, 4.69) is 49.0 Å². The van der Waals surface area contributed by atoms with E-state index in [4.69, 9.17) is 4.74 Å². The normalized spacial score (nSPS) is 10.7. The highest BCUT2D eigenvalue weighted by Crippen LogP contribution is 2.16. The van der Waals surface area contributed by atoms with E-state index in [1.165, 1.54) is 0 Å². The summed E-state index contributed by atoms with van der Waals surface area (Å²) in [6.07, 6.45) is 1.61. The number of rotatable bonds is 6. The van der Waals surface area contributed by atoms with Crippen molar-refractivity contribution in [3.8, 4) is 5.75 Å².